The van der Waals surface area contributed by atoms with E-state index in [1.165, 1.54) is 6.07 Å². The SMILES string of the molecule is Cc1cc(C(=O)NCc2ccc(F)c(F)c2)nc2ccnn12. The molecular weight excluding hydrogens is 290 g/mol. The molecule has 3 rings (SSSR count). The molecule has 1 N–H and O–H groups in total. The van der Waals surface area contributed by atoms with Gasteiger partial charge in [0.15, 0.2) is 17.3 Å². The highest BCUT2D eigenvalue weighted by Gasteiger charge is 2.11. The summed E-state index contributed by atoms with van der Waals surface area (Å²) in [6.45, 7) is 1.90. The van der Waals surface area contributed by atoms with Crippen molar-refractivity contribution in [2.24, 2.45) is 0 Å². The van der Waals surface area contributed by atoms with Gasteiger partial charge in [0.2, 0.25) is 0 Å². The monoisotopic (exact) mass is 302 g/mol. The highest BCUT2D eigenvalue weighted by Crippen LogP contribution is 2.09. The third-order valence-corrected chi connectivity index (χ3v) is 3.21. The molecule has 7 heteroatoms. The lowest BCUT2D eigenvalue weighted by atomic mass is 10.2. The van der Waals surface area contributed by atoms with E-state index in [9.17, 15) is 13.6 Å². The number of benzene rings is 1. The molecule has 0 fully saturated rings. The highest BCUT2D eigenvalue weighted by atomic mass is 19.2. The number of fused-ring (bicyclic) bond motifs is 1. The van der Waals surface area contributed by atoms with Gasteiger partial charge in [-0.15, -0.1) is 0 Å². The van der Waals surface area contributed by atoms with Crippen LogP contribution in [0.2, 0.25) is 0 Å². The summed E-state index contributed by atoms with van der Waals surface area (Å²) in [6.07, 6.45) is 1.60. The number of carbonyl (C=O) groups is 1. The van der Waals surface area contributed by atoms with Gasteiger partial charge < -0.3 is 5.32 Å². The molecule has 0 atom stereocenters. The van der Waals surface area contributed by atoms with Crippen molar-refractivity contribution >= 4 is 11.6 Å². The Kier molecular flexibility index (Phi) is 3.54. The van der Waals surface area contributed by atoms with Crippen molar-refractivity contribution in [3.63, 3.8) is 0 Å². The van der Waals surface area contributed by atoms with Crippen LogP contribution in [0.4, 0.5) is 8.78 Å². The van der Waals surface area contributed by atoms with E-state index < -0.39 is 17.5 Å². The van der Waals surface area contributed by atoms with Crippen LogP contribution in [-0.4, -0.2) is 20.5 Å². The summed E-state index contributed by atoms with van der Waals surface area (Å²) < 4.78 is 27.6. The van der Waals surface area contributed by atoms with Crippen molar-refractivity contribution in [1.82, 2.24) is 19.9 Å². The van der Waals surface area contributed by atoms with Gasteiger partial charge in [0.25, 0.3) is 5.91 Å². The number of amides is 1. The van der Waals surface area contributed by atoms with Crippen LogP contribution in [0, 0.1) is 18.6 Å². The molecule has 3 aromatic rings. The van der Waals surface area contributed by atoms with Crippen molar-refractivity contribution in [3.8, 4) is 0 Å². The van der Waals surface area contributed by atoms with Gasteiger partial charge in [-0.2, -0.15) is 5.10 Å². The second-order valence-corrected chi connectivity index (χ2v) is 4.82. The van der Waals surface area contributed by atoms with Crippen LogP contribution in [0.5, 0.6) is 0 Å². The molecule has 1 aromatic carbocycles. The van der Waals surface area contributed by atoms with Gasteiger partial charge in [-0.05, 0) is 30.7 Å². The molecule has 1 amide bonds. The molecule has 0 unspecified atom stereocenters. The predicted molar refractivity (Wildman–Crippen MR) is 75.3 cm³/mol. The summed E-state index contributed by atoms with van der Waals surface area (Å²) in [5, 5.41) is 6.70. The lowest BCUT2D eigenvalue weighted by Gasteiger charge is -2.07. The summed E-state index contributed by atoms with van der Waals surface area (Å²) in [6, 6.07) is 6.79. The van der Waals surface area contributed by atoms with E-state index in [2.05, 4.69) is 15.4 Å². The standard InChI is InChI=1S/C15H12F2N4O/c1-9-6-13(20-14-4-5-19-21(9)14)15(22)18-8-10-2-3-11(16)12(17)7-10/h2-7H,8H2,1H3,(H,18,22). The number of nitrogens with one attached hydrogen (secondary N) is 1. The first kappa shape index (κ1) is 14.1. The summed E-state index contributed by atoms with van der Waals surface area (Å²) in [4.78, 5) is 16.3. The van der Waals surface area contributed by atoms with Crippen LogP contribution in [0.1, 0.15) is 21.7 Å². The number of carbonyl (C=O) groups excluding carboxylic acids is 1. The molecule has 0 bridgehead atoms. The van der Waals surface area contributed by atoms with Gasteiger partial charge in [0, 0.05) is 18.3 Å². The number of rotatable bonds is 3. The Hall–Kier alpha value is -2.83. The molecule has 0 radical (unpaired) electrons. The number of hydrogen-bond acceptors (Lipinski definition) is 3. The topological polar surface area (TPSA) is 59.3 Å². The van der Waals surface area contributed by atoms with E-state index in [-0.39, 0.29) is 12.2 Å². The summed E-state index contributed by atoms with van der Waals surface area (Å²) in [5.74, 6) is -2.25. The molecule has 0 saturated heterocycles. The quantitative estimate of drug-likeness (QED) is 0.807. The fraction of sp³-hybridized carbons (Fsp3) is 0.133. The Morgan fingerprint density at radius 1 is 1.23 bits per heavy atom. The number of aryl methyl sites for hydroxylation is 1. The van der Waals surface area contributed by atoms with E-state index in [0.29, 0.717) is 11.2 Å². The first-order valence-electron chi connectivity index (χ1n) is 6.58. The Balaban J connectivity index is 1.76. The van der Waals surface area contributed by atoms with Gasteiger partial charge in [-0.3, -0.25) is 4.79 Å². The first-order chi connectivity index (χ1) is 10.5. The average Bonchev–Trinajstić information content (AvgIpc) is 2.97. The Morgan fingerprint density at radius 3 is 2.82 bits per heavy atom. The maximum atomic E-state index is 13.1. The number of hydrogen-bond donors (Lipinski definition) is 1. The normalized spacial score (nSPS) is 10.9. The molecule has 5 nitrogen and oxygen atoms in total. The zero-order valence-electron chi connectivity index (χ0n) is 11.7. The molecule has 0 aliphatic heterocycles. The van der Waals surface area contributed by atoms with Crippen molar-refractivity contribution in [1.29, 1.82) is 0 Å². The van der Waals surface area contributed by atoms with Crippen LogP contribution >= 0.6 is 0 Å². The second kappa shape index (κ2) is 5.51. The van der Waals surface area contributed by atoms with Gasteiger partial charge in [-0.25, -0.2) is 18.3 Å². The summed E-state index contributed by atoms with van der Waals surface area (Å²) >= 11 is 0. The van der Waals surface area contributed by atoms with E-state index in [4.69, 9.17) is 0 Å². The van der Waals surface area contributed by atoms with Crippen molar-refractivity contribution < 1.29 is 13.6 Å². The molecule has 0 saturated carbocycles. The minimum absolute atomic E-state index is 0.0845. The fourth-order valence-corrected chi connectivity index (χ4v) is 2.11. The van der Waals surface area contributed by atoms with Crippen LogP contribution in [0.25, 0.3) is 5.65 Å². The molecule has 2 aromatic heterocycles. The van der Waals surface area contributed by atoms with E-state index in [1.54, 1.807) is 22.8 Å². The van der Waals surface area contributed by atoms with E-state index in [0.717, 1.165) is 17.8 Å². The second-order valence-electron chi connectivity index (χ2n) is 4.82. The first-order valence-corrected chi connectivity index (χ1v) is 6.58. The number of aromatic nitrogens is 3. The molecule has 0 aliphatic rings. The molecule has 112 valence electrons. The van der Waals surface area contributed by atoms with Gasteiger partial charge in [0.05, 0.1) is 6.20 Å². The minimum atomic E-state index is -0.943. The smallest absolute Gasteiger partial charge is 0.270 e. The predicted octanol–water partition coefficient (Wildman–Crippen LogP) is 2.25. The van der Waals surface area contributed by atoms with E-state index in [1.807, 2.05) is 6.92 Å². The van der Waals surface area contributed by atoms with Crippen LogP contribution in [0.15, 0.2) is 36.5 Å². The van der Waals surface area contributed by atoms with Crippen LogP contribution in [-0.2, 0) is 6.54 Å². The zero-order valence-corrected chi connectivity index (χ0v) is 11.7. The van der Waals surface area contributed by atoms with Gasteiger partial charge in [-0.1, -0.05) is 6.07 Å². The van der Waals surface area contributed by atoms with Crippen molar-refractivity contribution in [3.05, 3.63) is 65.1 Å². The molecule has 0 aliphatic carbocycles. The van der Waals surface area contributed by atoms with Crippen molar-refractivity contribution in [2.75, 3.05) is 0 Å². The molecular formula is C15H12F2N4O. The average molecular weight is 302 g/mol. The van der Waals surface area contributed by atoms with Crippen LogP contribution < -0.4 is 5.32 Å². The molecule has 22 heavy (non-hydrogen) atoms. The molecule has 2 heterocycles. The Labute approximate surface area is 124 Å². The lowest BCUT2D eigenvalue weighted by molar-refractivity contribution is 0.0946. The van der Waals surface area contributed by atoms with Crippen molar-refractivity contribution in [2.45, 2.75) is 13.5 Å². The molecule has 0 spiro atoms. The van der Waals surface area contributed by atoms with E-state index >= 15 is 0 Å². The van der Waals surface area contributed by atoms with Gasteiger partial charge >= 0.3 is 0 Å². The third kappa shape index (κ3) is 2.65. The Morgan fingerprint density at radius 2 is 2.05 bits per heavy atom. The maximum absolute atomic E-state index is 13.1. The number of nitrogens with zero attached hydrogens (tertiary/aromatic N) is 3. The zero-order chi connectivity index (χ0) is 15.7. The Bertz CT molecular complexity index is 860. The summed E-state index contributed by atoms with van der Waals surface area (Å²) in [5.41, 5.74) is 2.05. The minimum Gasteiger partial charge on any atom is -0.347 e. The lowest BCUT2D eigenvalue weighted by Crippen LogP contribution is -2.24. The van der Waals surface area contributed by atoms with Gasteiger partial charge in [0.1, 0.15) is 5.69 Å². The summed E-state index contributed by atoms with van der Waals surface area (Å²) in [7, 11) is 0. The number of halogens is 2. The van der Waals surface area contributed by atoms with Crippen LogP contribution in [0.3, 0.4) is 0 Å². The fourth-order valence-electron chi connectivity index (χ4n) is 2.11. The highest BCUT2D eigenvalue weighted by molar-refractivity contribution is 5.92. The maximum Gasteiger partial charge on any atom is 0.270 e. The third-order valence-electron chi connectivity index (χ3n) is 3.21. The largest absolute Gasteiger partial charge is 0.347 e.